The Hall–Kier alpha value is -1.88. The number of carbonyl (C=O) groups excluding carboxylic acids is 1. The summed E-state index contributed by atoms with van der Waals surface area (Å²) < 4.78 is 0. The Balaban J connectivity index is 2.91. The van der Waals surface area contributed by atoms with Crippen LogP contribution in [-0.4, -0.2) is 23.1 Å². The van der Waals surface area contributed by atoms with Crippen molar-refractivity contribution < 1.29 is 4.79 Å². The van der Waals surface area contributed by atoms with Gasteiger partial charge in [-0.05, 0) is 6.07 Å². The molecular weight excluding hydrogens is 228 g/mol. The molecule has 0 aliphatic heterocycles. The van der Waals surface area contributed by atoms with E-state index in [-0.39, 0.29) is 0 Å². The highest BCUT2D eigenvalue weighted by molar-refractivity contribution is 6.33. The van der Waals surface area contributed by atoms with E-state index in [9.17, 15) is 4.79 Å². The van der Waals surface area contributed by atoms with Gasteiger partial charge in [-0.2, -0.15) is 10.1 Å². The highest BCUT2D eigenvalue weighted by Crippen LogP contribution is 2.12. The lowest BCUT2D eigenvalue weighted by molar-refractivity contribution is -0.125. The molecule has 1 aromatic rings. The molecule has 0 unspecified atom stereocenters. The second kappa shape index (κ2) is 5.27. The molecular formula is C10H11ClN4O. The largest absolute Gasteiger partial charge is 0.368 e. The number of guanidine groups is 1. The second-order valence-electron chi connectivity index (χ2n) is 2.98. The molecule has 0 saturated heterocycles. The van der Waals surface area contributed by atoms with Gasteiger partial charge >= 0.3 is 0 Å². The third kappa shape index (κ3) is 3.06. The Morgan fingerprint density at radius 3 is 2.69 bits per heavy atom. The summed E-state index contributed by atoms with van der Waals surface area (Å²) in [5.74, 6) is -0.869. The molecule has 0 spiro atoms. The number of benzene rings is 1. The molecule has 16 heavy (non-hydrogen) atoms. The minimum atomic E-state index is -0.434. The van der Waals surface area contributed by atoms with Gasteiger partial charge < -0.3 is 5.73 Å². The van der Waals surface area contributed by atoms with Crippen molar-refractivity contribution in [2.75, 3.05) is 0 Å². The van der Waals surface area contributed by atoms with E-state index in [2.05, 4.69) is 5.10 Å². The van der Waals surface area contributed by atoms with Gasteiger partial charge in [0.15, 0.2) is 0 Å². The van der Waals surface area contributed by atoms with E-state index >= 15 is 0 Å². The molecule has 1 aromatic carbocycles. The fraction of sp³-hybridized carbons (Fsp3) is 0.100. The summed E-state index contributed by atoms with van der Waals surface area (Å²) in [5.41, 5.74) is 5.83. The summed E-state index contributed by atoms with van der Waals surface area (Å²) in [6.45, 7) is 1.27. The Morgan fingerprint density at radius 2 is 2.19 bits per heavy atom. The standard InChI is InChI=1S/C10H11ClN4O/c1-7(16)15(10(12)13)14-6-8-4-2-3-5-9(8)11/h2-6H,1H3,(H3,12,13)/b14-6+. The van der Waals surface area contributed by atoms with Crippen LogP contribution in [0.3, 0.4) is 0 Å². The van der Waals surface area contributed by atoms with Gasteiger partial charge in [-0.15, -0.1) is 0 Å². The molecule has 5 nitrogen and oxygen atoms in total. The van der Waals surface area contributed by atoms with Crippen molar-refractivity contribution in [2.24, 2.45) is 10.8 Å². The van der Waals surface area contributed by atoms with Gasteiger partial charge in [0.2, 0.25) is 11.9 Å². The van der Waals surface area contributed by atoms with Gasteiger partial charge in [-0.1, -0.05) is 29.8 Å². The van der Waals surface area contributed by atoms with E-state index in [0.717, 1.165) is 5.01 Å². The van der Waals surface area contributed by atoms with E-state index in [1.807, 2.05) is 0 Å². The number of carbonyl (C=O) groups is 1. The van der Waals surface area contributed by atoms with Crippen LogP contribution in [0.25, 0.3) is 0 Å². The van der Waals surface area contributed by atoms with Crippen molar-refractivity contribution in [2.45, 2.75) is 6.92 Å². The first-order valence-electron chi connectivity index (χ1n) is 4.45. The van der Waals surface area contributed by atoms with E-state index in [1.165, 1.54) is 13.1 Å². The minimum Gasteiger partial charge on any atom is -0.368 e. The van der Waals surface area contributed by atoms with Crippen LogP contribution in [0.2, 0.25) is 5.02 Å². The molecule has 0 aromatic heterocycles. The molecule has 0 saturated carbocycles. The maximum absolute atomic E-state index is 11.0. The lowest BCUT2D eigenvalue weighted by Gasteiger charge is -2.11. The lowest BCUT2D eigenvalue weighted by atomic mass is 10.2. The molecule has 0 heterocycles. The fourth-order valence-electron chi connectivity index (χ4n) is 1.01. The van der Waals surface area contributed by atoms with Gasteiger partial charge in [0.1, 0.15) is 0 Å². The van der Waals surface area contributed by atoms with E-state index in [4.69, 9.17) is 22.7 Å². The maximum atomic E-state index is 11.0. The highest BCUT2D eigenvalue weighted by Gasteiger charge is 2.09. The van der Waals surface area contributed by atoms with Crippen LogP contribution < -0.4 is 5.73 Å². The molecule has 0 aliphatic carbocycles. The van der Waals surface area contributed by atoms with E-state index in [1.54, 1.807) is 24.3 Å². The number of hydrazone groups is 1. The smallest absolute Gasteiger partial charge is 0.246 e. The van der Waals surface area contributed by atoms with Crippen molar-refractivity contribution in [1.29, 1.82) is 5.41 Å². The predicted octanol–water partition coefficient (Wildman–Crippen LogP) is 1.42. The number of hydrogen-bond acceptors (Lipinski definition) is 3. The quantitative estimate of drug-likeness (QED) is 0.464. The zero-order valence-electron chi connectivity index (χ0n) is 8.64. The molecule has 0 bridgehead atoms. The second-order valence-corrected chi connectivity index (χ2v) is 3.39. The zero-order valence-corrected chi connectivity index (χ0v) is 9.40. The van der Waals surface area contributed by atoms with Crippen LogP contribution in [0.5, 0.6) is 0 Å². The van der Waals surface area contributed by atoms with Crippen LogP contribution in [0, 0.1) is 5.41 Å². The molecule has 84 valence electrons. The van der Waals surface area contributed by atoms with Gasteiger partial charge in [-0.3, -0.25) is 10.2 Å². The topological polar surface area (TPSA) is 82.5 Å². The zero-order chi connectivity index (χ0) is 12.1. The number of nitrogens with one attached hydrogen (secondary N) is 1. The number of rotatable bonds is 2. The summed E-state index contributed by atoms with van der Waals surface area (Å²) in [6.07, 6.45) is 1.38. The molecule has 0 fully saturated rings. The molecule has 6 heteroatoms. The normalized spacial score (nSPS) is 10.4. The molecule has 0 aliphatic rings. The van der Waals surface area contributed by atoms with E-state index < -0.39 is 11.9 Å². The summed E-state index contributed by atoms with van der Waals surface area (Å²) >= 11 is 5.89. The first-order valence-corrected chi connectivity index (χ1v) is 4.83. The number of nitrogens with zero attached hydrogens (tertiary/aromatic N) is 2. The van der Waals surface area contributed by atoms with Crippen LogP contribution in [-0.2, 0) is 4.79 Å². The monoisotopic (exact) mass is 238 g/mol. The van der Waals surface area contributed by atoms with Crippen molar-refractivity contribution >= 4 is 29.7 Å². The Morgan fingerprint density at radius 1 is 1.56 bits per heavy atom. The maximum Gasteiger partial charge on any atom is 0.246 e. The first-order chi connectivity index (χ1) is 7.52. The Kier molecular flexibility index (Phi) is 4.02. The van der Waals surface area contributed by atoms with Crippen LogP contribution in [0.4, 0.5) is 0 Å². The Labute approximate surface area is 98.0 Å². The van der Waals surface area contributed by atoms with Gasteiger partial charge in [0.05, 0.1) is 6.21 Å². The van der Waals surface area contributed by atoms with Gasteiger partial charge in [0, 0.05) is 17.5 Å². The summed E-state index contributed by atoms with van der Waals surface area (Å²) in [6, 6.07) is 7.02. The number of halogens is 1. The van der Waals surface area contributed by atoms with Gasteiger partial charge in [-0.25, -0.2) is 0 Å². The molecule has 1 rings (SSSR count). The average Bonchev–Trinajstić information content (AvgIpc) is 2.20. The fourth-order valence-corrected chi connectivity index (χ4v) is 1.20. The first kappa shape index (κ1) is 12.2. The Bertz CT molecular complexity index is 430. The van der Waals surface area contributed by atoms with Crippen molar-refractivity contribution in [1.82, 2.24) is 5.01 Å². The molecule has 0 atom stereocenters. The number of nitrogens with two attached hydrogens (primary N) is 1. The van der Waals surface area contributed by atoms with Crippen LogP contribution in [0.1, 0.15) is 12.5 Å². The summed E-state index contributed by atoms with van der Waals surface area (Å²) in [7, 11) is 0. The minimum absolute atomic E-state index is 0.434. The van der Waals surface area contributed by atoms with Crippen molar-refractivity contribution in [3.63, 3.8) is 0 Å². The van der Waals surface area contributed by atoms with Crippen LogP contribution in [0.15, 0.2) is 29.4 Å². The predicted molar refractivity (Wildman–Crippen MR) is 63.5 cm³/mol. The third-order valence-corrected chi connectivity index (χ3v) is 2.09. The summed E-state index contributed by atoms with van der Waals surface area (Å²) in [4.78, 5) is 11.0. The van der Waals surface area contributed by atoms with E-state index in [0.29, 0.717) is 10.6 Å². The molecule has 0 radical (unpaired) electrons. The third-order valence-electron chi connectivity index (χ3n) is 1.74. The molecule has 3 N–H and O–H groups in total. The van der Waals surface area contributed by atoms with Gasteiger partial charge in [0.25, 0.3) is 0 Å². The van der Waals surface area contributed by atoms with Crippen molar-refractivity contribution in [3.05, 3.63) is 34.9 Å². The van der Waals surface area contributed by atoms with Crippen molar-refractivity contribution in [3.8, 4) is 0 Å². The highest BCUT2D eigenvalue weighted by atomic mass is 35.5. The molecule has 1 amide bonds. The van der Waals surface area contributed by atoms with Crippen LogP contribution >= 0.6 is 11.6 Å². The lowest BCUT2D eigenvalue weighted by Crippen LogP contribution is -2.35. The number of amides is 1. The summed E-state index contributed by atoms with van der Waals surface area (Å²) in [5, 5.41) is 12.2. The SMILES string of the molecule is CC(=O)N(/N=C/c1ccccc1Cl)C(=N)N. The average molecular weight is 239 g/mol. The number of hydrogen-bond donors (Lipinski definition) is 2.